The molecule has 1 aliphatic rings. The summed E-state index contributed by atoms with van der Waals surface area (Å²) in [6.45, 7) is 5.91. The van der Waals surface area contributed by atoms with Crippen LogP contribution in [0.2, 0.25) is 5.02 Å². The Kier molecular flexibility index (Phi) is 4.94. The van der Waals surface area contributed by atoms with E-state index in [0.717, 1.165) is 16.6 Å². The van der Waals surface area contributed by atoms with Crippen LogP contribution in [-0.2, 0) is 4.79 Å². The molecule has 162 valence electrons. The molecule has 9 heteroatoms. The highest BCUT2D eigenvalue weighted by Crippen LogP contribution is 2.41. The maximum absolute atomic E-state index is 14.3. The summed E-state index contributed by atoms with van der Waals surface area (Å²) in [5, 5.41) is 1.49. The van der Waals surface area contributed by atoms with Crippen molar-refractivity contribution in [1.82, 2.24) is 14.9 Å². The predicted octanol–water partition coefficient (Wildman–Crippen LogP) is 4.25. The van der Waals surface area contributed by atoms with Crippen molar-refractivity contribution in [2.24, 2.45) is 0 Å². The van der Waals surface area contributed by atoms with Gasteiger partial charge in [0.2, 0.25) is 5.91 Å². The zero-order chi connectivity index (χ0) is 22.4. The minimum absolute atomic E-state index is 0.0154. The number of benzene rings is 2. The van der Waals surface area contributed by atoms with E-state index in [1.165, 1.54) is 18.5 Å². The van der Waals surface area contributed by atoms with Gasteiger partial charge in [0, 0.05) is 42.8 Å². The van der Waals surface area contributed by atoms with E-state index in [1.54, 1.807) is 23.3 Å². The molecule has 0 radical (unpaired) electrons. The average Bonchev–Trinajstić information content (AvgIpc) is 3.30. The third-order valence-electron chi connectivity index (χ3n) is 5.73. The third kappa shape index (κ3) is 3.23. The molecule has 0 atom stereocenters. The van der Waals surface area contributed by atoms with E-state index in [4.69, 9.17) is 21.8 Å². The van der Waals surface area contributed by atoms with Crippen LogP contribution in [0.3, 0.4) is 0 Å². The first-order chi connectivity index (χ1) is 15.5. The zero-order valence-corrected chi connectivity index (χ0v) is 17.8. The first-order valence-electron chi connectivity index (χ1n) is 10.0. The van der Waals surface area contributed by atoms with Crippen LogP contribution in [0.25, 0.3) is 33.0 Å². The molecule has 0 spiro atoms. The molecule has 2 aromatic heterocycles. The number of amides is 1. The van der Waals surface area contributed by atoms with Gasteiger partial charge in [-0.3, -0.25) is 4.79 Å². The van der Waals surface area contributed by atoms with Gasteiger partial charge in [0.05, 0.1) is 22.2 Å². The summed E-state index contributed by atoms with van der Waals surface area (Å²) < 4.78 is 20.1. The van der Waals surface area contributed by atoms with E-state index in [2.05, 4.69) is 21.4 Å². The monoisotopic (exact) mass is 451 g/mol. The Hall–Kier alpha value is -3.65. The summed E-state index contributed by atoms with van der Waals surface area (Å²) in [5.74, 6) is 0.0484. The van der Waals surface area contributed by atoms with Gasteiger partial charge in [0.1, 0.15) is 23.5 Å². The highest BCUT2D eigenvalue weighted by atomic mass is 35.5. The van der Waals surface area contributed by atoms with Crippen molar-refractivity contribution in [1.29, 1.82) is 0 Å². The molecule has 1 saturated heterocycles. The van der Waals surface area contributed by atoms with E-state index in [1.807, 2.05) is 6.07 Å². The van der Waals surface area contributed by atoms with Gasteiger partial charge in [-0.25, -0.2) is 14.4 Å². The van der Waals surface area contributed by atoms with E-state index in [9.17, 15) is 9.18 Å². The van der Waals surface area contributed by atoms with Crippen molar-refractivity contribution in [2.75, 3.05) is 36.8 Å². The molecule has 0 bridgehead atoms. The lowest BCUT2D eigenvalue weighted by molar-refractivity contribution is -0.126. The van der Waals surface area contributed by atoms with Crippen molar-refractivity contribution >= 4 is 50.9 Å². The molecule has 32 heavy (non-hydrogen) atoms. The summed E-state index contributed by atoms with van der Waals surface area (Å²) in [4.78, 5) is 24.7. The smallest absolute Gasteiger partial charge is 0.246 e. The summed E-state index contributed by atoms with van der Waals surface area (Å²) in [6.07, 6.45) is 4.38. The standard InChI is InChI=1S/C23H19ClFN5O2/c1-2-19(31)29-4-6-30(7-5-29)23-20-18(27-12-28-23)11-15(14-3-8-32-22(14)20)16-9-13(26)10-17(25)21(16)24/h2-3,8-12H,1,4-7,26H2. The van der Waals surface area contributed by atoms with Crippen LogP contribution in [0.4, 0.5) is 15.9 Å². The summed E-state index contributed by atoms with van der Waals surface area (Å²) in [6, 6.07) is 6.47. The maximum Gasteiger partial charge on any atom is 0.246 e. The van der Waals surface area contributed by atoms with Gasteiger partial charge in [-0.05, 0) is 35.9 Å². The second-order valence-corrected chi connectivity index (χ2v) is 7.94. The fraction of sp³-hybridized carbons (Fsp3) is 0.174. The lowest BCUT2D eigenvalue weighted by Crippen LogP contribution is -2.48. The van der Waals surface area contributed by atoms with Crippen LogP contribution in [0.5, 0.6) is 0 Å². The number of furan rings is 1. The molecule has 1 amide bonds. The number of hydrogen-bond donors (Lipinski definition) is 1. The Morgan fingerprint density at radius 1 is 1.19 bits per heavy atom. The molecule has 3 heterocycles. The Labute approximate surface area is 187 Å². The van der Waals surface area contributed by atoms with Crippen molar-refractivity contribution in [2.45, 2.75) is 0 Å². The number of nitrogen functional groups attached to an aromatic ring is 1. The molecule has 1 fully saturated rings. The number of nitrogens with zero attached hydrogens (tertiary/aromatic N) is 4. The molecule has 0 aliphatic carbocycles. The summed E-state index contributed by atoms with van der Waals surface area (Å²) >= 11 is 6.28. The fourth-order valence-corrected chi connectivity index (χ4v) is 4.39. The minimum atomic E-state index is -0.589. The van der Waals surface area contributed by atoms with Gasteiger partial charge in [-0.2, -0.15) is 0 Å². The molecule has 1 aliphatic heterocycles. The SMILES string of the molecule is C=CC(=O)N1CCN(c2ncnc3cc(-c4cc(N)cc(F)c4Cl)c4ccoc4c23)CC1. The van der Waals surface area contributed by atoms with Gasteiger partial charge < -0.3 is 20.0 Å². The second-order valence-electron chi connectivity index (χ2n) is 7.56. The van der Waals surface area contributed by atoms with E-state index in [-0.39, 0.29) is 16.6 Å². The number of halogens is 2. The first-order valence-corrected chi connectivity index (χ1v) is 10.4. The first kappa shape index (κ1) is 20.3. The van der Waals surface area contributed by atoms with Crippen molar-refractivity contribution in [3.8, 4) is 11.1 Å². The van der Waals surface area contributed by atoms with Gasteiger partial charge >= 0.3 is 0 Å². The van der Waals surface area contributed by atoms with Crippen LogP contribution in [0.15, 0.2) is 53.9 Å². The molecular formula is C23H19ClFN5O2. The Morgan fingerprint density at radius 2 is 1.97 bits per heavy atom. The molecule has 2 N–H and O–H groups in total. The van der Waals surface area contributed by atoms with Crippen LogP contribution in [0.1, 0.15) is 0 Å². The average molecular weight is 452 g/mol. The number of carbonyl (C=O) groups is 1. The third-order valence-corrected chi connectivity index (χ3v) is 6.11. The fourth-order valence-electron chi connectivity index (χ4n) is 4.18. The minimum Gasteiger partial charge on any atom is -0.463 e. The van der Waals surface area contributed by atoms with Gasteiger partial charge in [-0.15, -0.1) is 0 Å². The Bertz CT molecular complexity index is 1380. The number of piperazine rings is 1. The summed E-state index contributed by atoms with van der Waals surface area (Å²) in [7, 11) is 0. The maximum atomic E-state index is 14.3. The second kappa shape index (κ2) is 7.80. The number of fused-ring (bicyclic) bond motifs is 3. The Morgan fingerprint density at radius 3 is 2.72 bits per heavy atom. The Balaban J connectivity index is 1.65. The molecule has 0 unspecified atom stereocenters. The lowest BCUT2D eigenvalue weighted by Gasteiger charge is -2.35. The quantitative estimate of drug-likeness (QED) is 0.370. The largest absolute Gasteiger partial charge is 0.463 e. The molecule has 2 aromatic carbocycles. The lowest BCUT2D eigenvalue weighted by atomic mass is 9.98. The highest BCUT2D eigenvalue weighted by Gasteiger charge is 2.25. The highest BCUT2D eigenvalue weighted by molar-refractivity contribution is 6.34. The van der Waals surface area contributed by atoms with Crippen LogP contribution in [0, 0.1) is 5.82 Å². The number of aromatic nitrogens is 2. The topological polar surface area (TPSA) is 88.5 Å². The number of nitrogens with two attached hydrogens (primary N) is 1. The van der Waals surface area contributed by atoms with E-state index < -0.39 is 5.82 Å². The normalized spacial score (nSPS) is 14.3. The molecule has 0 saturated carbocycles. The number of carbonyl (C=O) groups excluding carboxylic acids is 1. The molecular weight excluding hydrogens is 433 g/mol. The number of rotatable bonds is 3. The molecule has 4 aromatic rings. The van der Waals surface area contributed by atoms with Gasteiger partial charge in [0.15, 0.2) is 0 Å². The zero-order valence-electron chi connectivity index (χ0n) is 17.0. The van der Waals surface area contributed by atoms with Crippen molar-refractivity contribution in [3.63, 3.8) is 0 Å². The van der Waals surface area contributed by atoms with Crippen molar-refractivity contribution < 1.29 is 13.6 Å². The number of hydrogen-bond acceptors (Lipinski definition) is 6. The predicted molar refractivity (Wildman–Crippen MR) is 123 cm³/mol. The molecule has 7 nitrogen and oxygen atoms in total. The van der Waals surface area contributed by atoms with Crippen molar-refractivity contribution in [3.05, 3.63) is 60.4 Å². The van der Waals surface area contributed by atoms with E-state index in [0.29, 0.717) is 48.4 Å². The van der Waals surface area contributed by atoms with Crippen LogP contribution >= 0.6 is 11.6 Å². The van der Waals surface area contributed by atoms with Crippen LogP contribution in [-0.4, -0.2) is 47.0 Å². The molecule has 5 rings (SSSR count). The number of anilines is 2. The van der Waals surface area contributed by atoms with Crippen LogP contribution < -0.4 is 10.6 Å². The van der Waals surface area contributed by atoms with Gasteiger partial charge in [-0.1, -0.05) is 18.2 Å². The van der Waals surface area contributed by atoms with Gasteiger partial charge in [0.25, 0.3) is 0 Å². The summed E-state index contributed by atoms with van der Waals surface area (Å²) in [5.41, 5.74) is 8.50. The van der Waals surface area contributed by atoms with E-state index >= 15 is 0 Å².